The predicted molar refractivity (Wildman–Crippen MR) is 85.0 cm³/mol. The minimum atomic E-state index is -0.426. The summed E-state index contributed by atoms with van der Waals surface area (Å²) < 4.78 is 5.61. The number of hydrogen-bond donors (Lipinski definition) is 1. The van der Waals surface area contributed by atoms with Crippen molar-refractivity contribution in [2.75, 3.05) is 5.32 Å². The van der Waals surface area contributed by atoms with Crippen LogP contribution in [0.2, 0.25) is 0 Å². The van der Waals surface area contributed by atoms with Gasteiger partial charge < -0.3 is 10.1 Å². The largest absolute Gasteiger partial charge is 0.460 e. The SMILES string of the molecule is CC(C)(C)OC(=O)C1CCCC2Nc3ccccc3C=C21. The summed E-state index contributed by atoms with van der Waals surface area (Å²) in [6.07, 6.45) is 5.21. The van der Waals surface area contributed by atoms with Crippen LogP contribution >= 0.6 is 0 Å². The first-order chi connectivity index (χ1) is 9.94. The van der Waals surface area contributed by atoms with E-state index in [2.05, 4.69) is 23.5 Å². The Bertz CT molecular complexity index is 583. The van der Waals surface area contributed by atoms with E-state index in [1.807, 2.05) is 32.9 Å². The highest BCUT2D eigenvalue weighted by atomic mass is 16.6. The molecule has 21 heavy (non-hydrogen) atoms. The van der Waals surface area contributed by atoms with Gasteiger partial charge in [-0.1, -0.05) is 24.3 Å². The van der Waals surface area contributed by atoms with Gasteiger partial charge in [-0.15, -0.1) is 0 Å². The van der Waals surface area contributed by atoms with Crippen molar-refractivity contribution in [1.29, 1.82) is 0 Å². The lowest BCUT2D eigenvalue weighted by molar-refractivity contribution is -0.159. The maximum absolute atomic E-state index is 12.5. The van der Waals surface area contributed by atoms with Crippen molar-refractivity contribution >= 4 is 17.7 Å². The van der Waals surface area contributed by atoms with Crippen LogP contribution in [0.3, 0.4) is 0 Å². The maximum Gasteiger partial charge on any atom is 0.313 e. The first-order valence-corrected chi connectivity index (χ1v) is 7.74. The topological polar surface area (TPSA) is 38.3 Å². The number of carbonyl (C=O) groups excluding carboxylic acids is 1. The molecular weight excluding hydrogens is 262 g/mol. The second kappa shape index (κ2) is 5.21. The van der Waals surface area contributed by atoms with E-state index < -0.39 is 5.60 Å². The van der Waals surface area contributed by atoms with Crippen LogP contribution in [-0.2, 0) is 9.53 Å². The Morgan fingerprint density at radius 2 is 2.00 bits per heavy atom. The Kier molecular flexibility index (Phi) is 3.52. The number of nitrogens with one attached hydrogen (secondary N) is 1. The molecule has 1 aliphatic carbocycles. The van der Waals surface area contributed by atoms with Gasteiger partial charge in [0.1, 0.15) is 5.60 Å². The average molecular weight is 285 g/mol. The molecule has 0 bridgehead atoms. The number of esters is 1. The second-order valence-corrected chi connectivity index (χ2v) is 6.95. The minimum absolute atomic E-state index is 0.0837. The first-order valence-electron chi connectivity index (χ1n) is 7.74. The van der Waals surface area contributed by atoms with E-state index in [0.717, 1.165) is 24.9 Å². The molecule has 0 saturated heterocycles. The van der Waals surface area contributed by atoms with E-state index in [1.165, 1.54) is 11.1 Å². The van der Waals surface area contributed by atoms with Crippen LogP contribution in [0, 0.1) is 5.92 Å². The molecule has 1 heterocycles. The van der Waals surface area contributed by atoms with Gasteiger partial charge in [0.25, 0.3) is 0 Å². The summed E-state index contributed by atoms with van der Waals surface area (Å²) in [6, 6.07) is 8.53. The smallest absolute Gasteiger partial charge is 0.313 e. The zero-order chi connectivity index (χ0) is 15.0. The Labute approximate surface area is 126 Å². The minimum Gasteiger partial charge on any atom is -0.460 e. The highest BCUT2D eigenvalue weighted by Crippen LogP contribution is 2.39. The van der Waals surface area contributed by atoms with E-state index >= 15 is 0 Å². The predicted octanol–water partition coefficient (Wildman–Crippen LogP) is 4.01. The van der Waals surface area contributed by atoms with Gasteiger partial charge in [0.2, 0.25) is 0 Å². The van der Waals surface area contributed by atoms with Crippen LogP contribution in [0.25, 0.3) is 6.08 Å². The number of benzene rings is 1. The highest BCUT2D eigenvalue weighted by Gasteiger charge is 2.36. The summed E-state index contributed by atoms with van der Waals surface area (Å²) in [5, 5.41) is 3.57. The lowest BCUT2D eigenvalue weighted by Crippen LogP contribution is -2.38. The van der Waals surface area contributed by atoms with Crippen molar-refractivity contribution in [3.63, 3.8) is 0 Å². The third kappa shape index (κ3) is 2.97. The van der Waals surface area contributed by atoms with Crippen LogP contribution in [0.4, 0.5) is 5.69 Å². The Morgan fingerprint density at radius 1 is 1.24 bits per heavy atom. The number of para-hydroxylation sites is 1. The van der Waals surface area contributed by atoms with Gasteiger partial charge in [-0.05, 0) is 57.2 Å². The van der Waals surface area contributed by atoms with Gasteiger partial charge in [-0.2, -0.15) is 0 Å². The maximum atomic E-state index is 12.5. The molecule has 3 rings (SSSR count). The summed E-state index contributed by atoms with van der Waals surface area (Å²) in [6.45, 7) is 5.77. The Morgan fingerprint density at radius 3 is 2.76 bits per heavy atom. The number of rotatable bonds is 1. The van der Waals surface area contributed by atoms with E-state index in [0.29, 0.717) is 0 Å². The Balaban J connectivity index is 1.90. The van der Waals surface area contributed by atoms with Crippen molar-refractivity contribution in [3.8, 4) is 0 Å². The van der Waals surface area contributed by atoms with Crippen LogP contribution in [0.5, 0.6) is 0 Å². The summed E-state index contributed by atoms with van der Waals surface area (Å²) in [5.41, 5.74) is 3.09. The van der Waals surface area contributed by atoms with E-state index in [1.54, 1.807) is 0 Å². The van der Waals surface area contributed by atoms with Crippen LogP contribution in [-0.4, -0.2) is 17.6 Å². The van der Waals surface area contributed by atoms with E-state index in [4.69, 9.17) is 4.74 Å². The number of hydrogen-bond acceptors (Lipinski definition) is 3. The van der Waals surface area contributed by atoms with Crippen molar-refractivity contribution in [3.05, 3.63) is 35.4 Å². The van der Waals surface area contributed by atoms with Gasteiger partial charge in [0.15, 0.2) is 0 Å². The van der Waals surface area contributed by atoms with Crippen LogP contribution in [0.1, 0.15) is 45.6 Å². The molecule has 0 radical (unpaired) electrons. The molecule has 1 saturated carbocycles. The molecule has 0 aromatic heterocycles. The molecule has 3 nitrogen and oxygen atoms in total. The summed E-state index contributed by atoms with van der Waals surface area (Å²) in [7, 11) is 0. The molecule has 0 amide bonds. The second-order valence-electron chi connectivity index (χ2n) is 6.95. The molecule has 2 unspecified atom stereocenters. The quantitative estimate of drug-likeness (QED) is 0.792. The third-order valence-corrected chi connectivity index (χ3v) is 4.09. The number of ether oxygens (including phenoxy) is 1. The molecule has 1 aromatic carbocycles. The van der Waals surface area contributed by atoms with E-state index in [-0.39, 0.29) is 17.9 Å². The molecule has 112 valence electrons. The summed E-state index contributed by atoms with van der Waals surface area (Å²) >= 11 is 0. The summed E-state index contributed by atoms with van der Waals surface area (Å²) in [5.74, 6) is -0.191. The average Bonchev–Trinajstić information content (AvgIpc) is 2.42. The molecular formula is C18H23NO2. The van der Waals surface area contributed by atoms with Crippen LogP contribution < -0.4 is 5.32 Å². The normalized spacial score (nSPS) is 24.2. The van der Waals surface area contributed by atoms with Gasteiger partial charge in [-0.3, -0.25) is 4.79 Å². The monoisotopic (exact) mass is 285 g/mol. The fourth-order valence-electron chi connectivity index (χ4n) is 3.21. The number of fused-ring (bicyclic) bond motifs is 2. The molecule has 1 N–H and O–H groups in total. The third-order valence-electron chi connectivity index (χ3n) is 4.09. The number of carbonyl (C=O) groups is 1. The van der Waals surface area contributed by atoms with Crippen molar-refractivity contribution in [2.45, 2.75) is 51.7 Å². The molecule has 0 spiro atoms. The molecule has 2 atom stereocenters. The molecule has 3 heteroatoms. The fourth-order valence-corrected chi connectivity index (χ4v) is 3.21. The van der Waals surface area contributed by atoms with Crippen LogP contribution in [0.15, 0.2) is 29.8 Å². The molecule has 2 aliphatic rings. The van der Waals surface area contributed by atoms with Gasteiger partial charge >= 0.3 is 5.97 Å². The number of anilines is 1. The van der Waals surface area contributed by atoms with Gasteiger partial charge in [-0.25, -0.2) is 0 Å². The zero-order valence-electron chi connectivity index (χ0n) is 13.0. The van der Waals surface area contributed by atoms with Crippen molar-refractivity contribution < 1.29 is 9.53 Å². The Hall–Kier alpha value is -1.77. The standard InChI is InChI=1S/C18H23NO2/c1-18(2,3)21-17(20)13-8-6-10-16-14(13)11-12-7-4-5-9-15(12)19-16/h4-5,7,9,11,13,16,19H,6,8,10H2,1-3H3. The van der Waals surface area contributed by atoms with E-state index in [9.17, 15) is 4.79 Å². The highest BCUT2D eigenvalue weighted by molar-refractivity contribution is 5.83. The molecule has 1 aliphatic heterocycles. The van der Waals surface area contributed by atoms with Crippen molar-refractivity contribution in [1.82, 2.24) is 0 Å². The lowest BCUT2D eigenvalue weighted by atomic mass is 9.78. The molecule has 1 fully saturated rings. The van der Waals surface area contributed by atoms with Crippen molar-refractivity contribution in [2.24, 2.45) is 5.92 Å². The molecule has 1 aromatic rings. The first kappa shape index (κ1) is 14.2. The van der Waals surface area contributed by atoms with Gasteiger partial charge in [0, 0.05) is 11.7 Å². The van der Waals surface area contributed by atoms with Gasteiger partial charge in [0.05, 0.1) is 5.92 Å². The lowest BCUT2D eigenvalue weighted by Gasteiger charge is -2.37. The zero-order valence-corrected chi connectivity index (χ0v) is 13.0. The fraction of sp³-hybridized carbons (Fsp3) is 0.500. The summed E-state index contributed by atoms with van der Waals surface area (Å²) in [4.78, 5) is 12.5.